The molecule has 7 N–H and O–H groups in total. The molecular formula is C17H29NO9S. The van der Waals surface area contributed by atoms with Gasteiger partial charge in [-0.25, -0.2) is 0 Å². The lowest BCUT2D eigenvalue weighted by molar-refractivity contribution is -0.155. The molecule has 2 aliphatic heterocycles. The van der Waals surface area contributed by atoms with Gasteiger partial charge in [-0.05, 0) is 38.3 Å². The summed E-state index contributed by atoms with van der Waals surface area (Å²) in [6, 6.07) is 10.5. The van der Waals surface area contributed by atoms with Crippen molar-refractivity contribution in [1.82, 2.24) is 4.90 Å². The number of carbonyl (C=O) groups excluding carboxylic acids is 1. The van der Waals surface area contributed by atoms with E-state index in [-0.39, 0.29) is 29.6 Å². The van der Waals surface area contributed by atoms with Crippen molar-refractivity contribution in [2.75, 3.05) is 13.7 Å². The van der Waals surface area contributed by atoms with E-state index in [9.17, 15) is 9.90 Å². The molecule has 0 aliphatic carbocycles. The van der Waals surface area contributed by atoms with Gasteiger partial charge in [-0.2, -0.15) is 8.42 Å². The number of rotatable bonds is 4. The fraction of sp³-hybridized carbons (Fsp3) is 0.588. The van der Waals surface area contributed by atoms with Crippen molar-refractivity contribution in [2.24, 2.45) is 0 Å². The Labute approximate surface area is 164 Å². The number of fused-ring (bicyclic) bond motifs is 2. The zero-order valence-electron chi connectivity index (χ0n) is 15.6. The molecule has 2 heterocycles. The van der Waals surface area contributed by atoms with Gasteiger partial charge in [0.1, 0.15) is 12.0 Å². The van der Waals surface area contributed by atoms with Gasteiger partial charge in [0.2, 0.25) is 0 Å². The molecule has 0 aromatic heterocycles. The first kappa shape index (κ1) is 26.4. The number of aliphatic hydroxyl groups excluding tert-OH is 1. The number of ether oxygens (including phenoxy) is 1. The summed E-state index contributed by atoms with van der Waals surface area (Å²) in [4.78, 5) is 14.8. The second-order valence-corrected chi connectivity index (χ2v) is 7.57. The molecule has 11 heteroatoms. The monoisotopic (exact) mass is 423 g/mol. The highest BCUT2D eigenvalue weighted by atomic mass is 32.3. The SMILES string of the molecule is CN1[C@@H]2CC[C@H]1C[C@@H](OC(=O)C(CO)c1ccccc1)C2.O.O.O=S(=O)(O)O. The fourth-order valence-electron chi connectivity index (χ4n) is 3.71. The largest absolute Gasteiger partial charge is 0.462 e. The number of hydrogen-bond acceptors (Lipinski definition) is 6. The highest BCUT2D eigenvalue weighted by molar-refractivity contribution is 7.79. The minimum Gasteiger partial charge on any atom is -0.462 e. The standard InChI is InChI=1S/C17H23NO3.H2O4S.2H2O/c1-18-13-7-8-14(18)10-15(9-13)21-17(20)16(11-19)12-5-3-2-4-6-12;1-5(2,3)4;;/h2-6,13-16,19H,7-11H2,1H3;(H2,1,2,3,4);2*1H2/t13-,14+,15+,16?;;;. The normalized spacial score (nSPS) is 24.6. The van der Waals surface area contributed by atoms with Crippen LogP contribution in [-0.4, -0.2) is 76.3 Å². The Bertz CT molecular complexity index is 676. The maximum absolute atomic E-state index is 12.4. The van der Waals surface area contributed by atoms with Crippen LogP contribution in [-0.2, 0) is 19.9 Å². The third-order valence-electron chi connectivity index (χ3n) is 5.01. The quantitative estimate of drug-likeness (QED) is 0.432. The van der Waals surface area contributed by atoms with Crippen LogP contribution in [0.4, 0.5) is 0 Å². The second kappa shape index (κ2) is 11.4. The maximum atomic E-state index is 12.4. The zero-order valence-corrected chi connectivity index (χ0v) is 16.4. The van der Waals surface area contributed by atoms with Gasteiger partial charge in [0, 0.05) is 12.1 Å². The summed E-state index contributed by atoms with van der Waals surface area (Å²) in [6.07, 6.45) is 4.26. The third-order valence-corrected chi connectivity index (χ3v) is 5.01. The van der Waals surface area contributed by atoms with Crippen LogP contribution in [0.3, 0.4) is 0 Å². The Morgan fingerprint density at radius 1 is 1.14 bits per heavy atom. The van der Waals surface area contributed by atoms with Crippen molar-refractivity contribution in [1.29, 1.82) is 0 Å². The van der Waals surface area contributed by atoms with E-state index in [0.717, 1.165) is 18.4 Å². The molecular weight excluding hydrogens is 394 g/mol. The van der Waals surface area contributed by atoms with E-state index in [1.54, 1.807) is 0 Å². The van der Waals surface area contributed by atoms with Crippen LogP contribution in [0.2, 0.25) is 0 Å². The molecule has 2 aliphatic rings. The molecule has 10 nitrogen and oxygen atoms in total. The first-order valence-corrected chi connectivity index (χ1v) is 9.87. The van der Waals surface area contributed by atoms with Gasteiger partial charge in [-0.15, -0.1) is 0 Å². The number of piperidine rings is 1. The number of aliphatic hydroxyl groups is 1. The molecule has 0 amide bonds. The van der Waals surface area contributed by atoms with Crippen molar-refractivity contribution >= 4 is 16.4 Å². The van der Waals surface area contributed by atoms with Crippen LogP contribution < -0.4 is 0 Å². The molecule has 28 heavy (non-hydrogen) atoms. The second-order valence-electron chi connectivity index (χ2n) is 6.67. The predicted octanol–water partition coefficient (Wildman–Crippen LogP) is -0.371. The van der Waals surface area contributed by atoms with Crippen molar-refractivity contribution in [3.05, 3.63) is 35.9 Å². The third kappa shape index (κ3) is 7.80. The summed E-state index contributed by atoms with van der Waals surface area (Å²) >= 11 is 0. The van der Waals surface area contributed by atoms with Crippen LogP contribution in [0, 0.1) is 0 Å². The topological polar surface area (TPSA) is 187 Å². The predicted molar refractivity (Wildman–Crippen MR) is 101 cm³/mol. The van der Waals surface area contributed by atoms with E-state index in [1.807, 2.05) is 30.3 Å². The molecule has 2 bridgehead atoms. The molecule has 1 aromatic rings. The van der Waals surface area contributed by atoms with Crippen LogP contribution in [0.15, 0.2) is 30.3 Å². The van der Waals surface area contributed by atoms with E-state index in [1.165, 1.54) is 12.8 Å². The Morgan fingerprint density at radius 2 is 1.61 bits per heavy atom. The van der Waals surface area contributed by atoms with Gasteiger partial charge in [-0.3, -0.25) is 13.9 Å². The average molecular weight is 423 g/mol. The summed E-state index contributed by atoms with van der Waals surface area (Å²) < 4.78 is 37.3. The molecule has 1 unspecified atom stereocenters. The van der Waals surface area contributed by atoms with Crippen molar-refractivity contribution in [2.45, 2.75) is 49.8 Å². The van der Waals surface area contributed by atoms with Crippen LogP contribution in [0.5, 0.6) is 0 Å². The number of hydrogen-bond donors (Lipinski definition) is 3. The van der Waals surface area contributed by atoms with Crippen LogP contribution in [0.25, 0.3) is 0 Å². The minimum absolute atomic E-state index is 0. The van der Waals surface area contributed by atoms with Gasteiger partial charge in [0.15, 0.2) is 0 Å². The van der Waals surface area contributed by atoms with Gasteiger partial charge in [0.25, 0.3) is 0 Å². The fourth-order valence-corrected chi connectivity index (χ4v) is 3.71. The molecule has 162 valence electrons. The van der Waals surface area contributed by atoms with E-state index in [4.69, 9.17) is 22.3 Å². The van der Waals surface area contributed by atoms with Crippen LogP contribution >= 0.6 is 0 Å². The van der Waals surface area contributed by atoms with E-state index < -0.39 is 16.3 Å². The Hall–Kier alpha value is -1.60. The summed E-state index contributed by atoms with van der Waals surface area (Å²) in [7, 11) is -2.50. The van der Waals surface area contributed by atoms with Crippen molar-refractivity contribution in [3.63, 3.8) is 0 Å². The smallest absolute Gasteiger partial charge is 0.394 e. The first-order valence-electron chi connectivity index (χ1n) is 8.47. The van der Waals surface area contributed by atoms with E-state index >= 15 is 0 Å². The van der Waals surface area contributed by atoms with Gasteiger partial charge >= 0.3 is 16.4 Å². The summed E-state index contributed by atoms with van der Waals surface area (Å²) in [6.45, 7) is -0.206. The summed E-state index contributed by atoms with van der Waals surface area (Å²) in [5, 5.41) is 9.53. The molecule has 3 rings (SSSR count). The lowest BCUT2D eigenvalue weighted by atomic mass is 9.98. The number of nitrogens with zero attached hydrogens (tertiary/aromatic N) is 1. The average Bonchev–Trinajstić information content (AvgIpc) is 2.77. The van der Waals surface area contributed by atoms with Crippen LogP contribution in [0.1, 0.15) is 37.2 Å². The summed E-state index contributed by atoms with van der Waals surface area (Å²) in [5.74, 6) is -0.860. The molecule has 0 radical (unpaired) electrons. The lowest BCUT2D eigenvalue weighted by Gasteiger charge is -2.36. The zero-order chi connectivity index (χ0) is 19.3. The Balaban J connectivity index is 0.000000934. The highest BCUT2D eigenvalue weighted by Crippen LogP contribution is 2.36. The Morgan fingerprint density at radius 3 is 2.04 bits per heavy atom. The molecule has 0 spiro atoms. The molecule has 4 atom stereocenters. The van der Waals surface area contributed by atoms with Crippen molar-refractivity contribution < 1.29 is 43.1 Å². The van der Waals surface area contributed by atoms with Crippen molar-refractivity contribution in [3.8, 4) is 0 Å². The summed E-state index contributed by atoms with van der Waals surface area (Å²) in [5.41, 5.74) is 0.820. The number of carbonyl (C=O) groups is 1. The van der Waals surface area contributed by atoms with Gasteiger partial charge in [0.05, 0.1) is 6.61 Å². The number of benzene rings is 1. The first-order chi connectivity index (χ1) is 12.2. The van der Waals surface area contributed by atoms with E-state index in [0.29, 0.717) is 12.1 Å². The van der Waals surface area contributed by atoms with E-state index in [2.05, 4.69) is 11.9 Å². The minimum atomic E-state index is -4.67. The molecule has 2 saturated heterocycles. The highest BCUT2D eigenvalue weighted by Gasteiger charge is 2.40. The molecule has 1 aromatic carbocycles. The molecule has 0 saturated carbocycles. The maximum Gasteiger partial charge on any atom is 0.394 e. The Kier molecular flexibility index (Phi) is 10.8. The van der Waals surface area contributed by atoms with Gasteiger partial charge < -0.3 is 25.7 Å². The number of esters is 1. The van der Waals surface area contributed by atoms with Gasteiger partial charge in [-0.1, -0.05) is 30.3 Å². The molecule has 2 fully saturated rings. The lowest BCUT2D eigenvalue weighted by Crippen LogP contribution is -2.43.